The summed E-state index contributed by atoms with van der Waals surface area (Å²) < 4.78 is 5.11. The Balaban J connectivity index is 1.28. The fourth-order valence-corrected chi connectivity index (χ4v) is 4.05. The number of amides is 4. The minimum Gasteiger partial charge on any atom is -0.497 e. The van der Waals surface area contributed by atoms with Crippen molar-refractivity contribution in [1.82, 2.24) is 16.0 Å². The number of hydrogen-bond donors (Lipinski definition) is 4. The molecule has 1 aliphatic carbocycles. The van der Waals surface area contributed by atoms with Gasteiger partial charge in [0.2, 0.25) is 0 Å². The second-order valence-corrected chi connectivity index (χ2v) is 8.51. The summed E-state index contributed by atoms with van der Waals surface area (Å²) in [5.41, 5.74) is 1.62. The molecule has 32 heavy (non-hydrogen) atoms. The molecule has 4 amide bonds. The van der Waals surface area contributed by atoms with Crippen LogP contribution in [0.4, 0.5) is 15.3 Å². The first-order chi connectivity index (χ1) is 15.5. The highest BCUT2D eigenvalue weighted by Gasteiger charge is 2.22. The first-order valence-electron chi connectivity index (χ1n) is 11.0. The van der Waals surface area contributed by atoms with Crippen LogP contribution in [-0.4, -0.2) is 32.3 Å². The summed E-state index contributed by atoms with van der Waals surface area (Å²) in [6, 6.07) is 14.3. The van der Waals surface area contributed by atoms with E-state index in [1.165, 1.54) is 0 Å². The molecule has 8 heteroatoms. The van der Waals surface area contributed by atoms with Crippen molar-refractivity contribution in [2.75, 3.05) is 25.5 Å². The number of hydrogen-bond acceptors (Lipinski definition) is 3. The van der Waals surface area contributed by atoms with Gasteiger partial charge in [0.05, 0.1) is 7.11 Å². The maximum Gasteiger partial charge on any atom is 0.319 e. The summed E-state index contributed by atoms with van der Waals surface area (Å²) in [6.45, 7) is 1.72. The molecule has 1 aliphatic rings. The van der Waals surface area contributed by atoms with E-state index in [-0.39, 0.29) is 12.1 Å². The van der Waals surface area contributed by atoms with Crippen LogP contribution in [0.1, 0.15) is 31.2 Å². The van der Waals surface area contributed by atoms with E-state index in [2.05, 4.69) is 21.3 Å². The van der Waals surface area contributed by atoms with Crippen LogP contribution >= 0.6 is 11.6 Å². The van der Waals surface area contributed by atoms with Gasteiger partial charge in [-0.15, -0.1) is 0 Å². The van der Waals surface area contributed by atoms with E-state index in [1.54, 1.807) is 19.2 Å². The zero-order chi connectivity index (χ0) is 22.8. The molecule has 0 aliphatic heterocycles. The first-order valence-corrected chi connectivity index (χ1v) is 11.3. The Morgan fingerprint density at radius 2 is 1.47 bits per heavy atom. The number of halogens is 1. The predicted molar refractivity (Wildman–Crippen MR) is 127 cm³/mol. The Hall–Kier alpha value is -2.93. The Bertz CT molecular complexity index is 883. The third-order valence-electron chi connectivity index (χ3n) is 5.81. The van der Waals surface area contributed by atoms with Crippen molar-refractivity contribution in [2.45, 2.75) is 32.2 Å². The van der Waals surface area contributed by atoms with E-state index in [0.29, 0.717) is 36.5 Å². The summed E-state index contributed by atoms with van der Waals surface area (Å²) in [5, 5.41) is 12.3. The van der Waals surface area contributed by atoms with Gasteiger partial charge in [0.25, 0.3) is 0 Å². The second-order valence-electron chi connectivity index (χ2n) is 8.11. The zero-order valence-corrected chi connectivity index (χ0v) is 19.1. The molecule has 0 spiro atoms. The molecule has 0 unspecified atom stereocenters. The molecule has 2 aromatic rings. The van der Waals surface area contributed by atoms with Crippen LogP contribution < -0.4 is 26.0 Å². The molecule has 0 saturated heterocycles. The fraction of sp³-hybridized carbons (Fsp3) is 0.417. The number of nitrogens with one attached hydrogen (secondary N) is 4. The molecule has 2 aromatic carbocycles. The minimum atomic E-state index is -0.200. The van der Waals surface area contributed by atoms with Crippen LogP contribution in [0.5, 0.6) is 5.75 Å². The van der Waals surface area contributed by atoms with Crippen molar-refractivity contribution < 1.29 is 14.3 Å². The normalized spacial score (nSPS) is 17.8. The van der Waals surface area contributed by atoms with Crippen molar-refractivity contribution >= 4 is 29.4 Å². The lowest BCUT2D eigenvalue weighted by molar-refractivity contribution is 0.227. The lowest BCUT2D eigenvalue weighted by atomic mass is 9.82. The topological polar surface area (TPSA) is 91.5 Å². The maximum atomic E-state index is 12.1. The SMILES string of the molecule is COc1ccc(NC(=O)NCC2CCC(CNC(=O)NCc3ccccc3Cl)CC2)cc1. The van der Waals surface area contributed by atoms with Crippen LogP contribution in [0.25, 0.3) is 0 Å². The van der Waals surface area contributed by atoms with Gasteiger partial charge in [0, 0.05) is 30.3 Å². The van der Waals surface area contributed by atoms with E-state index in [0.717, 1.165) is 42.7 Å². The van der Waals surface area contributed by atoms with Crippen molar-refractivity contribution in [3.8, 4) is 5.75 Å². The molecule has 1 fully saturated rings. The van der Waals surface area contributed by atoms with Crippen LogP contribution in [-0.2, 0) is 6.54 Å². The highest BCUT2D eigenvalue weighted by Crippen LogP contribution is 2.28. The van der Waals surface area contributed by atoms with E-state index in [4.69, 9.17) is 16.3 Å². The Labute approximate surface area is 194 Å². The number of urea groups is 2. The molecule has 0 bridgehead atoms. The lowest BCUT2D eigenvalue weighted by Gasteiger charge is -2.28. The average Bonchev–Trinajstić information content (AvgIpc) is 2.82. The van der Waals surface area contributed by atoms with Gasteiger partial charge in [-0.3, -0.25) is 0 Å². The summed E-state index contributed by atoms with van der Waals surface area (Å²) in [4.78, 5) is 24.2. The number of benzene rings is 2. The lowest BCUT2D eigenvalue weighted by Crippen LogP contribution is -2.39. The molecule has 1 saturated carbocycles. The van der Waals surface area contributed by atoms with Gasteiger partial charge >= 0.3 is 12.1 Å². The van der Waals surface area contributed by atoms with Crippen molar-refractivity contribution in [3.63, 3.8) is 0 Å². The molecule has 0 aromatic heterocycles. The molecule has 172 valence electrons. The number of anilines is 1. The summed E-state index contributed by atoms with van der Waals surface area (Å²) >= 11 is 6.11. The number of carbonyl (C=O) groups is 2. The molecule has 7 nitrogen and oxygen atoms in total. The van der Waals surface area contributed by atoms with E-state index >= 15 is 0 Å². The molecule has 4 N–H and O–H groups in total. The van der Waals surface area contributed by atoms with Gasteiger partial charge in [-0.05, 0) is 73.4 Å². The third kappa shape index (κ3) is 7.64. The minimum absolute atomic E-state index is 0.177. The number of methoxy groups -OCH3 is 1. The first kappa shape index (κ1) is 23.7. The largest absolute Gasteiger partial charge is 0.497 e. The molecule has 0 atom stereocenters. The number of carbonyl (C=O) groups excluding carboxylic acids is 2. The standard InChI is InChI=1S/C24H31ClN4O3/c1-32-21-12-10-20(11-13-21)29-24(31)27-15-18-8-6-17(7-9-18)14-26-23(30)28-16-19-4-2-3-5-22(19)25/h2-5,10-13,17-18H,6-9,14-16H2,1H3,(H2,26,28,30)(H2,27,29,31). The van der Waals surface area contributed by atoms with Crippen LogP contribution in [0.15, 0.2) is 48.5 Å². The molecule has 0 radical (unpaired) electrons. The molecule has 3 rings (SSSR count). The highest BCUT2D eigenvalue weighted by atomic mass is 35.5. The van der Waals surface area contributed by atoms with Gasteiger partial charge in [-0.1, -0.05) is 29.8 Å². The van der Waals surface area contributed by atoms with Gasteiger partial charge in [0.1, 0.15) is 5.75 Å². The van der Waals surface area contributed by atoms with Crippen molar-refractivity contribution in [2.24, 2.45) is 11.8 Å². The summed E-state index contributed by atoms with van der Waals surface area (Å²) in [6.07, 6.45) is 4.15. The smallest absolute Gasteiger partial charge is 0.319 e. The van der Waals surface area contributed by atoms with Gasteiger partial charge < -0.3 is 26.0 Å². The second kappa shape index (κ2) is 12.2. The quantitative estimate of drug-likeness (QED) is 0.459. The third-order valence-corrected chi connectivity index (χ3v) is 6.18. The molecular formula is C24H31ClN4O3. The maximum absolute atomic E-state index is 12.1. The van der Waals surface area contributed by atoms with Gasteiger partial charge in [-0.25, -0.2) is 9.59 Å². The van der Waals surface area contributed by atoms with Crippen LogP contribution in [0.3, 0.4) is 0 Å². The fourth-order valence-electron chi connectivity index (χ4n) is 3.84. The predicted octanol–water partition coefficient (Wildman–Crippen LogP) is 4.78. The van der Waals surface area contributed by atoms with Crippen molar-refractivity contribution in [1.29, 1.82) is 0 Å². The average molecular weight is 459 g/mol. The molecular weight excluding hydrogens is 428 g/mol. The molecule has 0 heterocycles. The van der Waals surface area contributed by atoms with Crippen LogP contribution in [0, 0.1) is 11.8 Å². The van der Waals surface area contributed by atoms with Gasteiger partial charge in [0.15, 0.2) is 0 Å². The van der Waals surface area contributed by atoms with Crippen molar-refractivity contribution in [3.05, 3.63) is 59.1 Å². The van der Waals surface area contributed by atoms with Gasteiger partial charge in [-0.2, -0.15) is 0 Å². The monoisotopic (exact) mass is 458 g/mol. The van der Waals surface area contributed by atoms with Crippen LogP contribution in [0.2, 0.25) is 5.02 Å². The number of ether oxygens (including phenoxy) is 1. The highest BCUT2D eigenvalue weighted by molar-refractivity contribution is 6.31. The zero-order valence-electron chi connectivity index (χ0n) is 18.3. The van der Waals surface area contributed by atoms with E-state index in [9.17, 15) is 9.59 Å². The Morgan fingerprint density at radius 3 is 2.06 bits per heavy atom. The van der Waals surface area contributed by atoms with E-state index in [1.807, 2.05) is 36.4 Å². The van der Waals surface area contributed by atoms with E-state index < -0.39 is 0 Å². The number of rotatable bonds is 8. The summed E-state index contributed by atoms with van der Waals surface area (Å²) in [5.74, 6) is 1.67. The Kier molecular flexibility index (Phi) is 9.04. The summed E-state index contributed by atoms with van der Waals surface area (Å²) in [7, 11) is 1.61. The Morgan fingerprint density at radius 1 is 0.875 bits per heavy atom.